The Morgan fingerprint density at radius 3 is 1.68 bits per heavy atom. The van der Waals surface area contributed by atoms with Crippen LogP contribution in [0.25, 0.3) is 33.7 Å². The van der Waals surface area contributed by atoms with E-state index in [1.165, 1.54) is 12.0 Å². The van der Waals surface area contributed by atoms with E-state index in [0.29, 0.717) is 52.3 Å². The van der Waals surface area contributed by atoms with Gasteiger partial charge in [0.1, 0.15) is 18.9 Å². The number of likely N-dealkylation sites (tertiary alicyclic amines) is 1. The van der Waals surface area contributed by atoms with Crippen LogP contribution >= 0.6 is 0 Å². The highest BCUT2D eigenvalue weighted by molar-refractivity contribution is 5.95. The molecular formula is C55H66N16O3. The molecule has 19 heteroatoms. The van der Waals surface area contributed by atoms with Crippen molar-refractivity contribution in [3.05, 3.63) is 121 Å². The fourth-order valence-corrected chi connectivity index (χ4v) is 10.3. The lowest BCUT2D eigenvalue weighted by molar-refractivity contribution is 0.0342. The number of aromatic nitrogens is 8. The molecule has 4 aliphatic rings. The molecule has 0 atom stereocenters. The van der Waals surface area contributed by atoms with E-state index in [2.05, 4.69) is 67.5 Å². The Labute approximate surface area is 430 Å². The predicted molar refractivity (Wildman–Crippen MR) is 289 cm³/mol. The minimum Gasteiger partial charge on any atom is -0.470 e. The number of hydrogen-bond acceptors (Lipinski definition) is 16. The van der Waals surface area contributed by atoms with Gasteiger partial charge in [-0.25, -0.2) is 9.97 Å². The van der Waals surface area contributed by atoms with Crippen LogP contribution in [-0.2, 0) is 11.3 Å². The summed E-state index contributed by atoms with van der Waals surface area (Å²) >= 11 is 0. The average Bonchev–Trinajstić information content (AvgIpc) is 4.23. The van der Waals surface area contributed by atoms with E-state index in [1.54, 1.807) is 18.9 Å². The molecule has 0 spiro atoms. The highest BCUT2D eigenvalue weighted by Crippen LogP contribution is 2.31. The van der Waals surface area contributed by atoms with Gasteiger partial charge in [-0.05, 0) is 125 Å². The van der Waals surface area contributed by atoms with E-state index in [4.69, 9.17) is 45.5 Å². The molecule has 74 heavy (non-hydrogen) atoms. The number of imidazole rings is 2. The molecule has 2 aliphatic heterocycles. The average molecular weight is 999 g/mol. The van der Waals surface area contributed by atoms with Gasteiger partial charge in [0.2, 0.25) is 11.9 Å². The Morgan fingerprint density at radius 2 is 1.14 bits per heavy atom. The first-order valence-electron chi connectivity index (χ1n) is 26.3. The summed E-state index contributed by atoms with van der Waals surface area (Å²) in [5, 5.41) is 14.0. The molecule has 4 fully saturated rings. The molecule has 2 saturated carbocycles. The Hall–Kier alpha value is -7.45. The number of morpholine rings is 1. The summed E-state index contributed by atoms with van der Waals surface area (Å²) in [5.41, 5.74) is 20.6. The fraction of sp³-hybridized carbons (Fsp3) is 0.400. The summed E-state index contributed by atoms with van der Waals surface area (Å²) in [7, 11) is 0. The van der Waals surface area contributed by atoms with Gasteiger partial charge in [0.25, 0.3) is 5.91 Å². The molecule has 0 radical (unpaired) electrons. The Kier molecular flexibility index (Phi) is 15.0. The zero-order valence-corrected chi connectivity index (χ0v) is 41.8. The van der Waals surface area contributed by atoms with Crippen LogP contribution in [-0.4, -0.2) is 118 Å². The van der Waals surface area contributed by atoms with Crippen LogP contribution in [0.4, 0.5) is 34.9 Å². The molecule has 19 nitrogen and oxygen atoms in total. The first kappa shape index (κ1) is 48.8. The van der Waals surface area contributed by atoms with Gasteiger partial charge in [0, 0.05) is 85.6 Å². The molecule has 8 aromatic rings. The second-order valence-electron chi connectivity index (χ2n) is 20.0. The number of amides is 1. The molecule has 5 aromatic heterocycles. The van der Waals surface area contributed by atoms with Crippen molar-refractivity contribution in [2.45, 2.75) is 101 Å². The highest BCUT2D eigenvalue weighted by Gasteiger charge is 2.24. The van der Waals surface area contributed by atoms with Gasteiger partial charge >= 0.3 is 0 Å². The van der Waals surface area contributed by atoms with Crippen molar-refractivity contribution < 1.29 is 13.9 Å². The maximum atomic E-state index is 12.9. The van der Waals surface area contributed by atoms with Crippen LogP contribution in [0, 0.1) is 0 Å². The van der Waals surface area contributed by atoms with Crippen LogP contribution < -0.4 is 32.7 Å². The number of carbonyl (C=O) groups is 1. The number of nitrogens with one attached hydrogen (secondary N) is 4. The van der Waals surface area contributed by atoms with Gasteiger partial charge in [-0.15, -0.1) is 0 Å². The third-order valence-electron chi connectivity index (χ3n) is 14.6. The quantitative estimate of drug-likeness (QED) is 0.0635. The van der Waals surface area contributed by atoms with E-state index < -0.39 is 0 Å². The van der Waals surface area contributed by atoms with Crippen molar-refractivity contribution in [1.82, 2.24) is 48.8 Å². The molecule has 2 saturated heterocycles. The zero-order valence-electron chi connectivity index (χ0n) is 41.8. The van der Waals surface area contributed by atoms with E-state index >= 15 is 0 Å². The van der Waals surface area contributed by atoms with Crippen LogP contribution in [0.1, 0.15) is 86.6 Å². The number of anilines is 6. The highest BCUT2D eigenvalue weighted by atomic mass is 16.5. The summed E-state index contributed by atoms with van der Waals surface area (Å²) in [4.78, 5) is 45.9. The van der Waals surface area contributed by atoms with Crippen LogP contribution in [0.15, 0.2) is 115 Å². The molecule has 0 unspecified atom stereocenters. The van der Waals surface area contributed by atoms with Crippen LogP contribution in [0.5, 0.6) is 0 Å². The van der Waals surface area contributed by atoms with Gasteiger partial charge in [0.05, 0.1) is 25.2 Å². The third kappa shape index (κ3) is 11.7. The maximum Gasteiger partial charge on any atom is 0.253 e. The lowest BCUT2D eigenvalue weighted by Crippen LogP contribution is -2.35. The second kappa shape index (κ2) is 22.8. The molecular weight excluding hydrogens is 933 g/mol. The lowest BCUT2D eigenvalue weighted by Gasteiger charge is -2.27. The van der Waals surface area contributed by atoms with Crippen molar-refractivity contribution >= 4 is 63.1 Å². The van der Waals surface area contributed by atoms with Crippen LogP contribution in [0.3, 0.4) is 0 Å². The Balaban J connectivity index is 0.000000159. The minimum atomic E-state index is 0.0909. The molecule has 8 N–H and O–H groups in total. The number of nitrogens with two attached hydrogens (primary N) is 2. The van der Waals surface area contributed by atoms with Gasteiger partial charge < -0.3 is 46.8 Å². The van der Waals surface area contributed by atoms with Gasteiger partial charge in [-0.1, -0.05) is 30.3 Å². The number of piperidine rings is 1. The topological polar surface area (TPSA) is 233 Å². The monoisotopic (exact) mass is 999 g/mol. The van der Waals surface area contributed by atoms with E-state index in [1.807, 2.05) is 68.9 Å². The summed E-state index contributed by atoms with van der Waals surface area (Å²) in [6.45, 7) is 6.17. The number of para-hydroxylation sites is 1. The number of rotatable bonds is 13. The molecule has 0 bridgehead atoms. The van der Waals surface area contributed by atoms with Crippen molar-refractivity contribution in [2.24, 2.45) is 11.5 Å². The summed E-state index contributed by atoms with van der Waals surface area (Å²) in [5.74, 6) is 2.52. The van der Waals surface area contributed by atoms with Crippen molar-refractivity contribution in [1.29, 1.82) is 0 Å². The molecule has 2 aliphatic carbocycles. The molecule has 12 rings (SSSR count). The number of nitrogens with zero attached hydrogens (tertiary/aromatic N) is 10. The van der Waals surface area contributed by atoms with E-state index in [-0.39, 0.29) is 18.0 Å². The van der Waals surface area contributed by atoms with E-state index in [9.17, 15) is 4.79 Å². The van der Waals surface area contributed by atoms with E-state index in [0.717, 1.165) is 144 Å². The standard InChI is InChI=1S/C28H34N8O.C27H32N8O2/c29-21-8-12-23(13-9-21)32-28-33-26(25-27(34-28)36(19-30-25)24-4-2-1-3-5-24)31-22-10-6-20(7-11-22)18-35-14-16-37-17-15-35;28-19-6-10-21(11-7-19)31-27-32-24(23-25(33-27)35(17-29-23)22-12-15-37-16-22)30-20-8-4-18(5-9-20)26(36)34-13-2-1-3-14-34/h1-7,10-11,19,21,23H,8-9,12-18,29H2,(H2,31,32,33,34);4-5,8-9,12,15-17,19,21H,1-3,6-7,10-11,13-14,28H2,(H2,30,31,32,33). The molecule has 7 heterocycles. The predicted octanol–water partition coefficient (Wildman–Crippen LogP) is 8.53. The normalized spacial score (nSPS) is 20.4. The number of furan rings is 1. The van der Waals surface area contributed by atoms with Crippen molar-refractivity contribution in [3.8, 4) is 11.4 Å². The Morgan fingerprint density at radius 1 is 0.595 bits per heavy atom. The Bertz CT molecular complexity index is 3080. The molecule has 384 valence electrons. The zero-order chi connectivity index (χ0) is 50.2. The first-order valence-corrected chi connectivity index (χ1v) is 26.3. The summed E-state index contributed by atoms with van der Waals surface area (Å²) in [6, 6.07) is 29.3. The van der Waals surface area contributed by atoms with Gasteiger partial charge in [-0.3, -0.25) is 18.8 Å². The van der Waals surface area contributed by atoms with Gasteiger partial charge in [-0.2, -0.15) is 19.9 Å². The van der Waals surface area contributed by atoms with Crippen molar-refractivity contribution in [2.75, 3.05) is 60.7 Å². The van der Waals surface area contributed by atoms with Gasteiger partial charge in [0.15, 0.2) is 34.0 Å². The summed E-state index contributed by atoms with van der Waals surface area (Å²) in [6.07, 6.45) is 18.2. The fourth-order valence-electron chi connectivity index (χ4n) is 10.3. The number of carbonyl (C=O) groups excluding carboxylic acids is 1. The van der Waals surface area contributed by atoms with Crippen LogP contribution in [0.2, 0.25) is 0 Å². The summed E-state index contributed by atoms with van der Waals surface area (Å²) < 4.78 is 14.6. The van der Waals surface area contributed by atoms with Crippen molar-refractivity contribution in [3.63, 3.8) is 0 Å². The number of benzene rings is 3. The molecule has 1 amide bonds. The smallest absolute Gasteiger partial charge is 0.253 e. The maximum absolute atomic E-state index is 12.9. The number of fused-ring (bicyclic) bond motifs is 2. The molecule has 3 aromatic carbocycles. The first-order chi connectivity index (χ1) is 36.3. The minimum absolute atomic E-state index is 0.0909. The number of hydrogen-bond donors (Lipinski definition) is 6. The third-order valence-corrected chi connectivity index (χ3v) is 14.6. The second-order valence-corrected chi connectivity index (χ2v) is 20.0. The number of ether oxygens (including phenoxy) is 1. The largest absolute Gasteiger partial charge is 0.470 e. The SMILES string of the molecule is NC1CCC(Nc2nc(Nc3ccc(C(=O)N4CCCCC4)cc3)c3ncn(-c4ccoc4)c3n2)CC1.NC1CCC(Nc2nc(Nc3ccc(CN4CCOCC4)cc3)c3ncn(-c4ccccc4)c3n2)CC1. The lowest BCUT2D eigenvalue weighted by atomic mass is 9.92.